The number of nitrogens with one attached hydrogen (secondary N) is 1. The Labute approximate surface area is 137 Å². The van der Waals surface area contributed by atoms with Crippen molar-refractivity contribution in [2.75, 3.05) is 5.32 Å². The number of thioether (sulfide) groups is 1. The molecular formula is C16H15FN2O3S. The number of carbonyl (C=O) groups excluding carboxylic acids is 1. The summed E-state index contributed by atoms with van der Waals surface area (Å²) in [7, 11) is 0. The van der Waals surface area contributed by atoms with E-state index in [-0.39, 0.29) is 11.4 Å². The Morgan fingerprint density at radius 3 is 2.65 bits per heavy atom. The molecule has 2 aromatic rings. The first-order chi connectivity index (χ1) is 11.0. The minimum absolute atomic E-state index is 0.184. The van der Waals surface area contributed by atoms with Crippen LogP contribution in [0.25, 0.3) is 0 Å². The van der Waals surface area contributed by atoms with Crippen LogP contribution in [0.1, 0.15) is 12.5 Å². The first-order valence-corrected chi connectivity index (χ1v) is 7.92. The van der Waals surface area contributed by atoms with Crippen molar-refractivity contribution in [1.29, 1.82) is 0 Å². The van der Waals surface area contributed by atoms with Gasteiger partial charge in [0, 0.05) is 17.9 Å². The third kappa shape index (κ3) is 4.79. The van der Waals surface area contributed by atoms with Crippen LogP contribution in [0.4, 0.5) is 15.8 Å². The van der Waals surface area contributed by atoms with Crippen molar-refractivity contribution in [2.45, 2.75) is 17.9 Å². The number of carbonyl (C=O) groups is 1. The summed E-state index contributed by atoms with van der Waals surface area (Å²) in [5, 5.41) is 12.7. The fourth-order valence-corrected chi connectivity index (χ4v) is 2.67. The number of anilines is 1. The number of non-ortho nitro benzene ring substituents is 1. The lowest BCUT2D eigenvalue weighted by molar-refractivity contribution is -0.384. The highest BCUT2D eigenvalue weighted by Crippen LogP contribution is 2.23. The number of hydrogen-bond acceptors (Lipinski definition) is 4. The van der Waals surface area contributed by atoms with Crippen LogP contribution in [0.15, 0.2) is 48.5 Å². The highest BCUT2D eigenvalue weighted by atomic mass is 32.2. The van der Waals surface area contributed by atoms with Gasteiger partial charge < -0.3 is 5.32 Å². The molecule has 1 N–H and O–H groups in total. The summed E-state index contributed by atoms with van der Waals surface area (Å²) in [5.41, 5.74) is 0.626. The minimum Gasteiger partial charge on any atom is -0.322 e. The topological polar surface area (TPSA) is 72.2 Å². The van der Waals surface area contributed by atoms with E-state index in [9.17, 15) is 19.3 Å². The van der Waals surface area contributed by atoms with Crippen LogP contribution in [-0.2, 0) is 10.5 Å². The van der Waals surface area contributed by atoms with Gasteiger partial charge in [0.25, 0.3) is 5.69 Å². The number of halogens is 1. The molecule has 0 radical (unpaired) electrons. The van der Waals surface area contributed by atoms with Gasteiger partial charge in [0.1, 0.15) is 5.82 Å². The van der Waals surface area contributed by atoms with E-state index >= 15 is 0 Å². The van der Waals surface area contributed by atoms with Gasteiger partial charge in [0.15, 0.2) is 0 Å². The molecule has 0 saturated carbocycles. The Hall–Kier alpha value is -2.41. The second-order valence-corrected chi connectivity index (χ2v) is 6.18. The molecule has 0 heterocycles. The first-order valence-electron chi connectivity index (χ1n) is 6.87. The van der Waals surface area contributed by atoms with E-state index in [4.69, 9.17) is 0 Å². The van der Waals surface area contributed by atoms with Gasteiger partial charge in [-0.05, 0) is 18.6 Å². The molecule has 7 heteroatoms. The zero-order chi connectivity index (χ0) is 16.8. The predicted octanol–water partition coefficient (Wildman–Crippen LogP) is 3.99. The molecule has 0 aliphatic rings. The summed E-state index contributed by atoms with van der Waals surface area (Å²) >= 11 is 1.40. The van der Waals surface area contributed by atoms with E-state index < -0.39 is 21.9 Å². The fraction of sp³-hybridized carbons (Fsp3) is 0.188. The summed E-state index contributed by atoms with van der Waals surface area (Å²) in [5.74, 6) is -0.457. The largest absolute Gasteiger partial charge is 0.322 e. The zero-order valence-electron chi connectivity index (χ0n) is 12.4. The number of hydrogen-bond donors (Lipinski definition) is 1. The molecule has 1 atom stereocenters. The SMILES string of the molecule is CC(SCc1ccccc1)C(=O)Nc1cc([N+](=O)[O-])ccc1F. The van der Waals surface area contributed by atoms with Gasteiger partial charge in [-0.1, -0.05) is 30.3 Å². The monoisotopic (exact) mass is 334 g/mol. The van der Waals surface area contributed by atoms with Crippen LogP contribution in [0.3, 0.4) is 0 Å². The van der Waals surface area contributed by atoms with E-state index in [1.165, 1.54) is 11.8 Å². The summed E-state index contributed by atoms with van der Waals surface area (Å²) in [6, 6.07) is 12.7. The number of benzene rings is 2. The number of rotatable bonds is 6. The smallest absolute Gasteiger partial charge is 0.271 e. The van der Waals surface area contributed by atoms with E-state index in [0.717, 1.165) is 23.8 Å². The highest BCUT2D eigenvalue weighted by Gasteiger charge is 2.17. The van der Waals surface area contributed by atoms with Crippen LogP contribution in [0.5, 0.6) is 0 Å². The van der Waals surface area contributed by atoms with Gasteiger partial charge >= 0.3 is 0 Å². The van der Waals surface area contributed by atoms with Crippen molar-refractivity contribution in [3.8, 4) is 0 Å². The number of nitro benzene ring substituents is 1. The molecule has 0 bridgehead atoms. The Bertz CT molecular complexity index is 710. The van der Waals surface area contributed by atoms with Crippen LogP contribution in [-0.4, -0.2) is 16.1 Å². The van der Waals surface area contributed by atoms with Crippen LogP contribution < -0.4 is 5.32 Å². The van der Waals surface area contributed by atoms with E-state index in [2.05, 4.69) is 5.32 Å². The average molecular weight is 334 g/mol. The van der Waals surface area contributed by atoms with Gasteiger partial charge in [-0.3, -0.25) is 14.9 Å². The van der Waals surface area contributed by atoms with Crippen LogP contribution in [0, 0.1) is 15.9 Å². The van der Waals surface area contributed by atoms with Gasteiger partial charge in [-0.15, -0.1) is 11.8 Å². The predicted molar refractivity (Wildman–Crippen MR) is 88.9 cm³/mol. The van der Waals surface area contributed by atoms with Crippen molar-refractivity contribution in [3.63, 3.8) is 0 Å². The fourth-order valence-electron chi connectivity index (χ4n) is 1.83. The van der Waals surface area contributed by atoms with Crippen molar-refractivity contribution in [2.24, 2.45) is 0 Å². The van der Waals surface area contributed by atoms with Crippen molar-refractivity contribution >= 4 is 29.0 Å². The molecule has 120 valence electrons. The highest BCUT2D eigenvalue weighted by molar-refractivity contribution is 7.99. The minimum atomic E-state index is -0.704. The standard InChI is InChI=1S/C16H15FN2O3S/c1-11(23-10-12-5-3-2-4-6-12)16(20)18-15-9-13(19(21)22)7-8-14(15)17/h2-9,11H,10H2,1H3,(H,18,20). The third-order valence-corrected chi connectivity index (χ3v) is 4.34. The third-order valence-electron chi connectivity index (χ3n) is 3.13. The lowest BCUT2D eigenvalue weighted by atomic mass is 10.2. The lowest BCUT2D eigenvalue weighted by Gasteiger charge is -2.12. The van der Waals surface area contributed by atoms with Crippen molar-refractivity contribution < 1.29 is 14.1 Å². The molecule has 0 aliphatic heterocycles. The molecule has 0 aromatic heterocycles. The normalized spacial score (nSPS) is 11.7. The van der Waals surface area contributed by atoms with E-state index in [1.807, 2.05) is 30.3 Å². The average Bonchev–Trinajstić information content (AvgIpc) is 2.55. The molecular weight excluding hydrogens is 319 g/mol. The summed E-state index contributed by atoms with van der Waals surface area (Å²) < 4.78 is 13.7. The number of nitro groups is 1. The van der Waals surface area contributed by atoms with Crippen LogP contribution >= 0.6 is 11.8 Å². The molecule has 0 fully saturated rings. The Morgan fingerprint density at radius 1 is 1.30 bits per heavy atom. The lowest BCUT2D eigenvalue weighted by Crippen LogP contribution is -2.23. The molecule has 5 nitrogen and oxygen atoms in total. The van der Waals surface area contributed by atoms with Gasteiger partial charge in [-0.2, -0.15) is 0 Å². The molecule has 0 spiro atoms. The molecule has 1 unspecified atom stereocenters. The molecule has 2 rings (SSSR count). The summed E-state index contributed by atoms with van der Waals surface area (Å²) in [4.78, 5) is 22.2. The quantitative estimate of drug-likeness (QED) is 0.640. The summed E-state index contributed by atoms with van der Waals surface area (Å²) in [6.45, 7) is 1.71. The maximum absolute atomic E-state index is 13.7. The second-order valence-electron chi connectivity index (χ2n) is 4.85. The second kappa shape index (κ2) is 7.73. The molecule has 1 amide bonds. The van der Waals surface area contributed by atoms with Gasteiger partial charge in [0.2, 0.25) is 5.91 Å². The zero-order valence-corrected chi connectivity index (χ0v) is 13.2. The van der Waals surface area contributed by atoms with Gasteiger partial charge in [0.05, 0.1) is 15.9 Å². The maximum atomic E-state index is 13.7. The van der Waals surface area contributed by atoms with Crippen LogP contribution in [0.2, 0.25) is 0 Å². The molecule has 23 heavy (non-hydrogen) atoms. The van der Waals surface area contributed by atoms with Crippen molar-refractivity contribution in [3.05, 3.63) is 70.0 Å². The Balaban J connectivity index is 1.98. The number of amides is 1. The summed E-state index contributed by atoms with van der Waals surface area (Å²) in [6.07, 6.45) is 0. The Morgan fingerprint density at radius 2 is 2.00 bits per heavy atom. The molecule has 0 saturated heterocycles. The molecule has 0 aliphatic carbocycles. The maximum Gasteiger partial charge on any atom is 0.271 e. The van der Waals surface area contributed by atoms with Crippen molar-refractivity contribution in [1.82, 2.24) is 0 Å². The van der Waals surface area contributed by atoms with E-state index in [1.54, 1.807) is 6.92 Å². The molecule has 2 aromatic carbocycles. The van der Waals surface area contributed by atoms with E-state index in [0.29, 0.717) is 5.75 Å². The van der Waals surface area contributed by atoms with Gasteiger partial charge in [-0.25, -0.2) is 4.39 Å². The number of nitrogens with zero attached hydrogens (tertiary/aromatic N) is 1. The Kier molecular flexibility index (Phi) is 5.70. The first kappa shape index (κ1) is 17.0.